The van der Waals surface area contributed by atoms with Crippen molar-refractivity contribution in [2.24, 2.45) is 0 Å². The van der Waals surface area contributed by atoms with Crippen molar-refractivity contribution in [1.82, 2.24) is 9.97 Å². The van der Waals surface area contributed by atoms with Gasteiger partial charge in [0.25, 0.3) is 0 Å². The molecule has 0 saturated carbocycles. The number of nitrogens with zero attached hydrogens (tertiary/aromatic N) is 4. The maximum absolute atomic E-state index is 6.04. The fraction of sp³-hybridized carbons (Fsp3) is 0.286. The number of hydrogen-bond acceptors (Lipinski definition) is 4. The topological polar surface area (TPSA) is 32.3 Å². The lowest BCUT2D eigenvalue weighted by molar-refractivity contribution is 0.647. The Bertz CT molecular complexity index is 544. The van der Waals surface area contributed by atoms with Crippen molar-refractivity contribution in [3.63, 3.8) is 0 Å². The van der Waals surface area contributed by atoms with Gasteiger partial charge in [0.15, 0.2) is 0 Å². The van der Waals surface area contributed by atoms with Crippen LogP contribution in [0, 0.1) is 0 Å². The molecule has 1 fully saturated rings. The van der Waals surface area contributed by atoms with E-state index in [1.165, 1.54) is 6.33 Å². The second-order valence-electron chi connectivity index (χ2n) is 4.65. The van der Waals surface area contributed by atoms with Gasteiger partial charge in [-0.2, -0.15) is 0 Å². The van der Waals surface area contributed by atoms with E-state index in [1.807, 2.05) is 18.2 Å². The lowest BCUT2D eigenvalue weighted by atomic mass is 10.2. The highest BCUT2D eigenvalue weighted by Crippen LogP contribution is 2.22. The summed E-state index contributed by atoms with van der Waals surface area (Å²) in [5, 5.41) is 1.25. The van der Waals surface area contributed by atoms with Crippen LogP contribution in [0.15, 0.2) is 36.7 Å². The maximum Gasteiger partial charge on any atom is 0.134 e. The van der Waals surface area contributed by atoms with Crippen molar-refractivity contribution >= 4 is 34.7 Å². The summed E-state index contributed by atoms with van der Waals surface area (Å²) in [6.45, 7) is 3.67. The summed E-state index contributed by atoms with van der Waals surface area (Å²) in [5.41, 5.74) is 1.16. The maximum atomic E-state index is 6.04. The van der Waals surface area contributed by atoms with E-state index in [1.54, 1.807) is 6.07 Å². The van der Waals surface area contributed by atoms with Gasteiger partial charge in [-0.25, -0.2) is 9.97 Å². The number of piperazine rings is 1. The molecule has 2 aromatic rings. The minimum Gasteiger partial charge on any atom is -0.368 e. The standard InChI is InChI=1S/C14H14Cl2N4/c15-11-2-1-3-12(8-11)19-4-6-20(7-5-19)14-9-13(16)17-10-18-14/h1-3,8-10H,4-7H2. The fourth-order valence-electron chi connectivity index (χ4n) is 2.36. The van der Waals surface area contributed by atoms with Gasteiger partial charge in [-0.3, -0.25) is 0 Å². The Hall–Kier alpha value is -1.52. The number of rotatable bonds is 2. The first-order chi connectivity index (χ1) is 9.72. The van der Waals surface area contributed by atoms with Gasteiger partial charge in [0, 0.05) is 43.0 Å². The van der Waals surface area contributed by atoms with Crippen LogP contribution in [-0.4, -0.2) is 36.1 Å². The molecule has 1 aromatic heterocycles. The minimum absolute atomic E-state index is 0.479. The lowest BCUT2D eigenvalue weighted by Crippen LogP contribution is -2.46. The molecule has 104 valence electrons. The average Bonchev–Trinajstić information content (AvgIpc) is 2.47. The largest absolute Gasteiger partial charge is 0.368 e. The summed E-state index contributed by atoms with van der Waals surface area (Å²) in [6.07, 6.45) is 1.50. The number of hydrogen-bond donors (Lipinski definition) is 0. The highest BCUT2D eigenvalue weighted by Gasteiger charge is 2.18. The van der Waals surface area contributed by atoms with Crippen molar-refractivity contribution in [2.75, 3.05) is 36.0 Å². The Morgan fingerprint density at radius 1 is 0.900 bits per heavy atom. The van der Waals surface area contributed by atoms with Gasteiger partial charge in [0.2, 0.25) is 0 Å². The van der Waals surface area contributed by atoms with Gasteiger partial charge in [-0.05, 0) is 18.2 Å². The van der Waals surface area contributed by atoms with Crippen LogP contribution in [0.4, 0.5) is 11.5 Å². The van der Waals surface area contributed by atoms with E-state index in [-0.39, 0.29) is 0 Å². The molecule has 0 radical (unpaired) electrons. The minimum atomic E-state index is 0.479. The molecule has 1 saturated heterocycles. The second-order valence-corrected chi connectivity index (χ2v) is 5.48. The number of anilines is 2. The average molecular weight is 309 g/mol. The summed E-state index contributed by atoms with van der Waals surface area (Å²) in [7, 11) is 0. The van der Waals surface area contributed by atoms with Gasteiger partial charge >= 0.3 is 0 Å². The van der Waals surface area contributed by atoms with E-state index in [0.717, 1.165) is 42.7 Å². The van der Waals surface area contributed by atoms with E-state index in [9.17, 15) is 0 Å². The third kappa shape index (κ3) is 2.97. The molecular formula is C14H14Cl2N4. The SMILES string of the molecule is Clc1cccc(N2CCN(c3cc(Cl)ncn3)CC2)c1. The van der Waals surface area contributed by atoms with Crippen molar-refractivity contribution in [3.05, 3.63) is 46.8 Å². The molecule has 20 heavy (non-hydrogen) atoms. The van der Waals surface area contributed by atoms with E-state index >= 15 is 0 Å². The first-order valence-corrected chi connectivity index (χ1v) is 7.21. The Labute approximate surface area is 128 Å². The van der Waals surface area contributed by atoms with Crippen LogP contribution >= 0.6 is 23.2 Å². The van der Waals surface area contributed by atoms with Crippen LogP contribution in [0.5, 0.6) is 0 Å². The lowest BCUT2D eigenvalue weighted by Gasteiger charge is -2.36. The fourth-order valence-corrected chi connectivity index (χ4v) is 2.69. The molecule has 0 spiro atoms. The van der Waals surface area contributed by atoms with Crippen LogP contribution in [0.25, 0.3) is 0 Å². The Kier molecular flexibility index (Phi) is 3.94. The summed E-state index contributed by atoms with van der Waals surface area (Å²) < 4.78 is 0. The molecule has 0 N–H and O–H groups in total. The summed E-state index contributed by atoms with van der Waals surface area (Å²) in [4.78, 5) is 12.7. The van der Waals surface area contributed by atoms with Crippen molar-refractivity contribution in [3.8, 4) is 0 Å². The number of halogens is 2. The molecule has 0 unspecified atom stereocenters. The van der Waals surface area contributed by atoms with Crippen LogP contribution in [0.3, 0.4) is 0 Å². The molecule has 2 heterocycles. The zero-order valence-electron chi connectivity index (χ0n) is 10.8. The van der Waals surface area contributed by atoms with Crippen molar-refractivity contribution in [2.45, 2.75) is 0 Å². The molecule has 0 bridgehead atoms. The predicted molar refractivity (Wildman–Crippen MR) is 82.9 cm³/mol. The Morgan fingerprint density at radius 2 is 1.65 bits per heavy atom. The zero-order chi connectivity index (χ0) is 13.9. The second kappa shape index (κ2) is 5.85. The van der Waals surface area contributed by atoms with Gasteiger partial charge in [-0.15, -0.1) is 0 Å². The number of benzene rings is 1. The summed E-state index contributed by atoms with van der Waals surface area (Å²) in [5.74, 6) is 0.885. The van der Waals surface area contributed by atoms with Gasteiger partial charge in [-0.1, -0.05) is 29.3 Å². The monoisotopic (exact) mass is 308 g/mol. The normalized spacial score (nSPS) is 15.5. The molecule has 1 aliphatic heterocycles. The molecule has 6 heteroatoms. The smallest absolute Gasteiger partial charge is 0.134 e. The van der Waals surface area contributed by atoms with Crippen molar-refractivity contribution in [1.29, 1.82) is 0 Å². The first kappa shape index (κ1) is 13.5. The van der Waals surface area contributed by atoms with E-state index in [4.69, 9.17) is 23.2 Å². The van der Waals surface area contributed by atoms with Gasteiger partial charge in [0.05, 0.1) is 0 Å². The molecule has 0 aliphatic carbocycles. The Balaban J connectivity index is 1.68. The van der Waals surface area contributed by atoms with Gasteiger partial charge < -0.3 is 9.80 Å². The predicted octanol–water partition coefficient (Wildman–Crippen LogP) is 3.11. The molecule has 0 amide bonds. The van der Waals surface area contributed by atoms with E-state index < -0.39 is 0 Å². The van der Waals surface area contributed by atoms with Gasteiger partial charge in [0.1, 0.15) is 17.3 Å². The quantitative estimate of drug-likeness (QED) is 0.798. The van der Waals surface area contributed by atoms with E-state index in [0.29, 0.717) is 5.15 Å². The molecule has 1 aliphatic rings. The number of aromatic nitrogens is 2. The van der Waals surface area contributed by atoms with Crippen LogP contribution < -0.4 is 9.80 Å². The third-order valence-electron chi connectivity index (χ3n) is 3.40. The molecular weight excluding hydrogens is 295 g/mol. The molecule has 1 aromatic carbocycles. The highest BCUT2D eigenvalue weighted by molar-refractivity contribution is 6.30. The third-order valence-corrected chi connectivity index (χ3v) is 3.84. The van der Waals surface area contributed by atoms with E-state index in [2.05, 4.69) is 25.8 Å². The summed E-state index contributed by atoms with van der Waals surface area (Å²) in [6, 6.07) is 9.76. The first-order valence-electron chi connectivity index (χ1n) is 6.45. The zero-order valence-corrected chi connectivity index (χ0v) is 12.3. The molecule has 0 atom stereocenters. The molecule has 3 rings (SSSR count). The molecule has 4 nitrogen and oxygen atoms in total. The van der Waals surface area contributed by atoms with Crippen LogP contribution in [0.1, 0.15) is 0 Å². The summed E-state index contributed by atoms with van der Waals surface area (Å²) >= 11 is 11.9. The van der Waals surface area contributed by atoms with Crippen LogP contribution in [-0.2, 0) is 0 Å². The van der Waals surface area contributed by atoms with Crippen molar-refractivity contribution < 1.29 is 0 Å². The van der Waals surface area contributed by atoms with Crippen LogP contribution in [0.2, 0.25) is 10.2 Å². The Morgan fingerprint density at radius 3 is 2.35 bits per heavy atom. The highest BCUT2D eigenvalue weighted by atomic mass is 35.5.